The van der Waals surface area contributed by atoms with E-state index in [2.05, 4.69) is 11.8 Å². The predicted octanol–water partition coefficient (Wildman–Crippen LogP) is 3.19. The van der Waals surface area contributed by atoms with E-state index in [1.165, 1.54) is 24.3 Å². The van der Waals surface area contributed by atoms with Gasteiger partial charge < -0.3 is 14.5 Å². The third-order valence-corrected chi connectivity index (χ3v) is 4.22. The summed E-state index contributed by atoms with van der Waals surface area (Å²) in [7, 11) is 1.74. The lowest BCUT2D eigenvalue weighted by Crippen LogP contribution is -2.46. The summed E-state index contributed by atoms with van der Waals surface area (Å²) in [6.45, 7) is 4.19. The van der Waals surface area contributed by atoms with Crippen LogP contribution in [-0.4, -0.2) is 43.6 Å². The number of amides is 1. The van der Waals surface area contributed by atoms with Crippen molar-refractivity contribution in [2.45, 2.75) is 13.0 Å². The fraction of sp³-hybridized carbons (Fsp3) is 0.316. The summed E-state index contributed by atoms with van der Waals surface area (Å²) in [5, 5.41) is 0. The first-order valence-electron chi connectivity index (χ1n) is 8.10. The predicted molar refractivity (Wildman–Crippen MR) is 92.1 cm³/mol. The van der Waals surface area contributed by atoms with Gasteiger partial charge in [-0.2, -0.15) is 0 Å². The highest BCUT2D eigenvalue weighted by Crippen LogP contribution is 2.32. The number of rotatable bonds is 4. The minimum Gasteiger partial charge on any atom is -0.485 e. The lowest BCUT2D eigenvalue weighted by Gasteiger charge is -2.37. The van der Waals surface area contributed by atoms with Crippen molar-refractivity contribution in [1.29, 1.82) is 0 Å². The van der Waals surface area contributed by atoms with Crippen LogP contribution in [0, 0.1) is 5.82 Å². The molecule has 0 radical (unpaired) electrons. The van der Waals surface area contributed by atoms with Gasteiger partial charge in [-0.1, -0.05) is 12.1 Å². The van der Waals surface area contributed by atoms with E-state index in [0.29, 0.717) is 12.1 Å². The summed E-state index contributed by atoms with van der Waals surface area (Å²) in [6, 6.07) is 13.5. The maximum atomic E-state index is 13.0. The number of halogens is 1. The van der Waals surface area contributed by atoms with Gasteiger partial charge in [0.05, 0.1) is 18.8 Å². The molecular formula is C19H21FN2O2. The molecule has 1 aliphatic heterocycles. The molecule has 0 saturated carbocycles. The fourth-order valence-electron chi connectivity index (χ4n) is 2.97. The molecule has 0 unspecified atom stereocenters. The van der Waals surface area contributed by atoms with Crippen LogP contribution in [0.4, 0.5) is 10.1 Å². The van der Waals surface area contributed by atoms with E-state index in [1.54, 1.807) is 11.9 Å². The molecule has 0 aliphatic carbocycles. The SMILES string of the molecule is CCN1C[C@H](CN(C)C(=O)c2ccc(F)cc2)Oc2ccccc21. The van der Waals surface area contributed by atoms with E-state index in [4.69, 9.17) is 4.74 Å². The van der Waals surface area contributed by atoms with Gasteiger partial charge in [-0.3, -0.25) is 4.79 Å². The quantitative estimate of drug-likeness (QED) is 0.864. The second-order valence-corrected chi connectivity index (χ2v) is 5.94. The molecule has 0 aromatic heterocycles. The van der Waals surface area contributed by atoms with Crippen LogP contribution in [-0.2, 0) is 0 Å². The van der Waals surface area contributed by atoms with E-state index in [0.717, 1.165) is 24.5 Å². The molecule has 5 heteroatoms. The highest BCUT2D eigenvalue weighted by molar-refractivity contribution is 5.94. The zero-order chi connectivity index (χ0) is 17.1. The van der Waals surface area contributed by atoms with Gasteiger partial charge >= 0.3 is 0 Å². The molecule has 1 amide bonds. The first kappa shape index (κ1) is 16.3. The van der Waals surface area contributed by atoms with Crippen molar-refractivity contribution in [1.82, 2.24) is 4.90 Å². The minimum absolute atomic E-state index is 0.103. The number of fused-ring (bicyclic) bond motifs is 1. The first-order chi connectivity index (χ1) is 11.6. The standard InChI is InChI=1S/C19H21FN2O2/c1-3-22-13-16(24-18-7-5-4-6-17(18)22)12-21(2)19(23)14-8-10-15(20)11-9-14/h4-11,16H,3,12-13H2,1-2H3/t16-/m0/s1. The summed E-state index contributed by atoms with van der Waals surface area (Å²) in [4.78, 5) is 16.3. The van der Waals surface area contributed by atoms with Gasteiger partial charge in [-0.15, -0.1) is 0 Å². The van der Waals surface area contributed by atoms with Gasteiger partial charge in [0.25, 0.3) is 5.91 Å². The maximum Gasteiger partial charge on any atom is 0.253 e. The Balaban J connectivity index is 1.70. The smallest absolute Gasteiger partial charge is 0.253 e. The van der Waals surface area contributed by atoms with Gasteiger partial charge in [0, 0.05) is 19.2 Å². The molecule has 1 aliphatic rings. The monoisotopic (exact) mass is 328 g/mol. The molecule has 2 aromatic rings. The van der Waals surface area contributed by atoms with E-state index in [-0.39, 0.29) is 17.8 Å². The van der Waals surface area contributed by atoms with Crippen LogP contribution in [0.15, 0.2) is 48.5 Å². The Morgan fingerprint density at radius 1 is 1.25 bits per heavy atom. The van der Waals surface area contributed by atoms with Crippen LogP contribution in [0.5, 0.6) is 5.75 Å². The maximum absolute atomic E-state index is 13.0. The van der Waals surface area contributed by atoms with Crippen molar-refractivity contribution in [3.05, 3.63) is 59.9 Å². The molecular weight excluding hydrogens is 307 g/mol. The number of hydrogen-bond donors (Lipinski definition) is 0. The molecule has 0 saturated heterocycles. The topological polar surface area (TPSA) is 32.8 Å². The van der Waals surface area contributed by atoms with Gasteiger partial charge in [0.2, 0.25) is 0 Å². The number of para-hydroxylation sites is 2. The average molecular weight is 328 g/mol. The lowest BCUT2D eigenvalue weighted by atomic mass is 10.1. The van der Waals surface area contributed by atoms with Crippen LogP contribution in [0.3, 0.4) is 0 Å². The van der Waals surface area contributed by atoms with Gasteiger partial charge in [0.1, 0.15) is 17.7 Å². The highest BCUT2D eigenvalue weighted by Gasteiger charge is 2.26. The molecule has 126 valence electrons. The molecule has 0 N–H and O–H groups in total. The highest BCUT2D eigenvalue weighted by atomic mass is 19.1. The molecule has 0 spiro atoms. The summed E-state index contributed by atoms with van der Waals surface area (Å²) in [5.74, 6) is 0.360. The molecule has 0 fully saturated rings. The number of anilines is 1. The molecule has 0 bridgehead atoms. The summed E-state index contributed by atoms with van der Waals surface area (Å²) in [5.41, 5.74) is 1.56. The van der Waals surface area contributed by atoms with Crippen molar-refractivity contribution in [2.75, 3.05) is 31.6 Å². The van der Waals surface area contributed by atoms with Crippen molar-refractivity contribution >= 4 is 11.6 Å². The second kappa shape index (κ2) is 6.91. The number of likely N-dealkylation sites (N-methyl/N-ethyl adjacent to an activating group) is 2. The van der Waals surface area contributed by atoms with E-state index in [9.17, 15) is 9.18 Å². The second-order valence-electron chi connectivity index (χ2n) is 5.94. The third-order valence-electron chi connectivity index (χ3n) is 4.22. The summed E-state index contributed by atoms with van der Waals surface area (Å²) in [6.07, 6.45) is -0.103. The summed E-state index contributed by atoms with van der Waals surface area (Å²) < 4.78 is 19.0. The van der Waals surface area contributed by atoms with Crippen LogP contribution >= 0.6 is 0 Å². The Morgan fingerprint density at radius 2 is 1.96 bits per heavy atom. The van der Waals surface area contributed by atoms with Crippen molar-refractivity contribution in [2.24, 2.45) is 0 Å². The molecule has 2 aromatic carbocycles. The van der Waals surface area contributed by atoms with Gasteiger partial charge in [0.15, 0.2) is 0 Å². The minimum atomic E-state index is -0.347. The first-order valence-corrected chi connectivity index (χ1v) is 8.10. The third kappa shape index (κ3) is 3.35. The van der Waals surface area contributed by atoms with Crippen LogP contribution in [0.25, 0.3) is 0 Å². The summed E-state index contributed by atoms with van der Waals surface area (Å²) >= 11 is 0. The normalized spacial score (nSPS) is 16.3. The van der Waals surface area contributed by atoms with E-state index < -0.39 is 0 Å². The Hall–Kier alpha value is -2.56. The van der Waals surface area contributed by atoms with Crippen molar-refractivity contribution < 1.29 is 13.9 Å². The lowest BCUT2D eigenvalue weighted by molar-refractivity contribution is 0.0709. The Morgan fingerprint density at radius 3 is 2.67 bits per heavy atom. The molecule has 4 nitrogen and oxygen atoms in total. The molecule has 3 rings (SSSR count). The molecule has 1 heterocycles. The molecule has 24 heavy (non-hydrogen) atoms. The van der Waals surface area contributed by atoms with Crippen LogP contribution in [0.1, 0.15) is 17.3 Å². The number of carbonyl (C=O) groups excluding carboxylic acids is 1. The van der Waals surface area contributed by atoms with Crippen LogP contribution in [0.2, 0.25) is 0 Å². The van der Waals surface area contributed by atoms with Crippen molar-refractivity contribution in [3.8, 4) is 5.75 Å². The number of hydrogen-bond acceptors (Lipinski definition) is 3. The fourth-order valence-corrected chi connectivity index (χ4v) is 2.97. The van der Waals surface area contributed by atoms with Gasteiger partial charge in [-0.25, -0.2) is 4.39 Å². The van der Waals surface area contributed by atoms with Crippen molar-refractivity contribution in [3.63, 3.8) is 0 Å². The number of carbonyl (C=O) groups is 1. The van der Waals surface area contributed by atoms with Gasteiger partial charge in [-0.05, 0) is 43.3 Å². The van der Waals surface area contributed by atoms with E-state index in [1.807, 2.05) is 24.3 Å². The zero-order valence-electron chi connectivity index (χ0n) is 13.9. The number of benzene rings is 2. The largest absolute Gasteiger partial charge is 0.485 e. The van der Waals surface area contributed by atoms with E-state index >= 15 is 0 Å². The Labute approximate surface area is 141 Å². The zero-order valence-corrected chi connectivity index (χ0v) is 13.9. The Bertz CT molecular complexity index is 718. The van der Waals surface area contributed by atoms with Crippen LogP contribution < -0.4 is 9.64 Å². The molecule has 1 atom stereocenters. The Kier molecular flexibility index (Phi) is 4.69. The average Bonchev–Trinajstić information content (AvgIpc) is 2.61. The number of nitrogens with zero attached hydrogens (tertiary/aromatic N) is 2. The number of ether oxygens (including phenoxy) is 1.